The summed E-state index contributed by atoms with van der Waals surface area (Å²) in [6.45, 7) is 0.226. The molecule has 2 aromatic carbocycles. The number of rotatable bonds is 6. The van der Waals surface area contributed by atoms with E-state index in [9.17, 15) is 9.18 Å². The molecule has 1 N–H and O–H groups in total. The molecule has 0 aliphatic heterocycles. The molecule has 2 aromatic heterocycles. The van der Waals surface area contributed by atoms with Crippen LogP contribution in [-0.2, 0) is 6.54 Å². The monoisotopic (exact) mass is 394 g/mol. The van der Waals surface area contributed by atoms with Crippen molar-refractivity contribution in [2.75, 3.05) is 14.2 Å². The van der Waals surface area contributed by atoms with Crippen LogP contribution in [0.3, 0.4) is 0 Å². The van der Waals surface area contributed by atoms with E-state index in [4.69, 9.17) is 9.47 Å². The first kappa shape index (κ1) is 18.5. The van der Waals surface area contributed by atoms with Crippen LogP contribution in [0.4, 0.5) is 4.39 Å². The Morgan fingerprint density at radius 2 is 1.97 bits per heavy atom. The Labute approximate surface area is 165 Å². The number of ether oxygens (including phenoxy) is 2. The first-order valence-corrected chi connectivity index (χ1v) is 8.88. The lowest BCUT2D eigenvalue weighted by atomic mass is 10.1. The molecule has 0 fully saturated rings. The van der Waals surface area contributed by atoms with Crippen molar-refractivity contribution in [3.63, 3.8) is 0 Å². The fraction of sp³-hybridized carbons (Fsp3) is 0.143. The van der Waals surface area contributed by atoms with Crippen molar-refractivity contribution >= 4 is 0 Å². The minimum Gasteiger partial charge on any atom is -0.497 e. The number of imidazole rings is 1. The molecule has 0 aliphatic rings. The first-order valence-electron chi connectivity index (χ1n) is 8.88. The van der Waals surface area contributed by atoms with Gasteiger partial charge in [-0.15, -0.1) is 0 Å². The third-order valence-corrected chi connectivity index (χ3v) is 4.64. The third-order valence-electron chi connectivity index (χ3n) is 4.64. The lowest BCUT2D eigenvalue weighted by Gasteiger charge is -2.10. The van der Waals surface area contributed by atoms with Crippen molar-refractivity contribution in [2.24, 2.45) is 0 Å². The summed E-state index contributed by atoms with van der Waals surface area (Å²) >= 11 is 0. The molecule has 0 amide bonds. The number of hydrogen-bond donors (Lipinski definition) is 1. The van der Waals surface area contributed by atoms with Gasteiger partial charge < -0.3 is 9.47 Å². The van der Waals surface area contributed by atoms with Crippen molar-refractivity contribution in [3.8, 4) is 28.3 Å². The zero-order valence-electron chi connectivity index (χ0n) is 15.9. The standard InChI is InChI=1S/C21H19FN4O3/c1-28-18-8-14(7-16(22)9-18)13-25-5-6-26(21(25)27)17-3-4-19(20(10-17)29-2)15-11-23-24-12-15/h3-12H,13H2,1-2H3,(H,23,24). The van der Waals surface area contributed by atoms with Crippen molar-refractivity contribution in [3.05, 3.63) is 83.1 Å². The van der Waals surface area contributed by atoms with Gasteiger partial charge in [-0.25, -0.2) is 9.18 Å². The molecule has 4 rings (SSSR count). The van der Waals surface area contributed by atoms with E-state index in [1.165, 1.54) is 28.4 Å². The molecular formula is C21H19FN4O3. The van der Waals surface area contributed by atoms with Crippen molar-refractivity contribution < 1.29 is 13.9 Å². The summed E-state index contributed by atoms with van der Waals surface area (Å²) in [7, 11) is 3.05. The summed E-state index contributed by atoms with van der Waals surface area (Å²) < 4.78 is 27.3. The van der Waals surface area contributed by atoms with Crippen LogP contribution in [0.2, 0.25) is 0 Å². The summed E-state index contributed by atoms with van der Waals surface area (Å²) in [5, 5.41) is 6.73. The van der Waals surface area contributed by atoms with Crippen molar-refractivity contribution in [2.45, 2.75) is 6.54 Å². The second-order valence-corrected chi connectivity index (χ2v) is 6.45. The number of hydrogen-bond acceptors (Lipinski definition) is 4. The molecule has 0 unspecified atom stereocenters. The number of aromatic nitrogens is 4. The Bertz CT molecular complexity index is 1200. The van der Waals surface area contributed by atoms with E-state index in [2.05, 4.69) is 10.2 Å². The maximum absolute atomic E-state index is 13.7. The Hall–Kier alpha value is -3.81. The Kier molecular flexibility index (Phi) is 4.90. The van der Waals surface area contributed by atoms with Crippen LogP contribution in [-0.4, -0.2) is 33.6 Å². The predicted molar refractivity (Wildman–Crippen MR) is 106 cm³/mol. The molecule has 0 saturated carbocycles. The van der Waals surface area contributed by atoms with Gasteiger partial charge in [-0.05, 0) is 29.8 Å². The fourth-order valence-electron chi connectivity index (χ4n) is 3.22. The summed E-state index contributed by atoms with van der Waals surface area (Å²) in [4.78, 5) is 12.9. The molecule has 148 valence electrons. The average Bonchev–Trinajstić information content (AvgIpc) is 3.38. The molecule has 0 spiro atoms. The van der Waals surface area contributed by atoms with Gasteiger partial charge in [0, 0.05) is 41.9 Å². The van der Waals surface area contributed by atoms with E-state index >= 15 is 0 Å². The molecule has 29 heavy (non-hydrogen) atoms. The number of benzene rings is 2. The number of halogens is 1. The fourth-order valence-corrected chi connectivity index (χ4v) is 3.22. The van der Waals surface area contributed by atoms with Crippen LogP contribution < -0.4 is 15.2 Å². The highest BCUT2D eigenvalue weighted by atomic mass is 19.1. The minimum atomic E-state index is -0.411. The van der Waals surface area contributed by atoms with Crippen LogP contribution in [0.15, 0.2) is 66.0 Å². The van der Waals surface area contributed by atoms with Gasteiger partial charge in [0.15, 0.2) is 0 Å². The van der Waals surface area contributed by atoms with E-state index in [0.29, 0.717) is 22.7 Å². The van der Waals surface area contributed by atoms with E-state index in [1.54, 1.807) is 44.0 Å². The highest BCUT2D eigenvalue weighted by Gasteiger charge is 2.12. The zero-order chi connectivity index (χ0) is 20.4. The minimum absolute atomic E-state index is 0.226. The van der Waals surface area contributed by atoms with Gasteiger partial charge in [0.1, 0.15) is 17.3 Å². The molecule has 0 bridgehead atoms. The van der Waals surface area contributed by atoms with Gasteiger partial charge in [-0.2, -0.15) is 5.10 Å². The van der Waals surface area contributed by atoms with Crippen LogP contribution in [0.25, 0.3) is 16.8 Å². The second kappa shape index (κ2) is 7.67. The molecule has 2 heterocycles. The van der Waals surface area contributed by atoms with Gasteiger partial charge in [-0.3, -0.25) is 14.2 Å². The maximum atomic E-state index is 13.7. The van der Waals surface area contributed by atoms with Crippen LogP contribution in [0, 0.1) is 5.82 Å². The smallest absolute Gasteiger partial charge is 0.333 e. The average molecular weight is 394 g/mol. The lowest BCUT2D eigenvalue weighted by Crippen LogP contribution is -2.23. The molecule has 4 aromatic rings. The summed E-state index contributed by atoms with van der Waals surface area (Å²) in [6.07, 6.45) is 6.81. The number of methoxy groups -OCH3 is 2. The quantitative estimate of drug-likeness (QED) is 0.545. The summed E-state index contributed by atoms with van der Waals surface area (Å²) in [6, 6.07) is 9.89. The van der Waals surface area contributed by atoms with Crippen molar-refractivity contribution in [1.29, 1.82) is 0 Å². The SMILES string of the molecule is COc1cc(F)cc(Cn2ccn(-c3ccc(-c4cn[nH]c4)c(OC)c3)c2=O)c1. The molecule has 0 atom stereocenters. The van der Waals surface area contributed by atoms with E-state index in [-0.39, 0.29) is 12.2 Å². The maximum Gasteiger partial charge on any atom is 0.333 e. The van der Waals surface area contributed by atoms with Crippen LogP contribution in [0.5, 0.6) is 11.5 Å². The molecule has 0 aliphatic carbocycles. The van der Waals surface area contributed by atoms with Crippen molar-refractivity contribution in [1.82, 2.24) is 19.3 Å². The summed E-state index contributed by atoms with van der Waals surface area (Å²) in [5.41, 5.74) is 2.80. The number of nitrogens with zero attached hydrogens (tertiary/aromatic N) is 3. The predicted octanol–water partition coefficient (Wildman–Crippen LogP) is 3.23. The number of H-pyrrole nitrogens is 1. The normalized spacial score (nSPS) is 10.9. The van der Waals surface area contributed by atoms with Crippen LogP contribution in [0.1, 0.15) is 5.56 Å². The third kappa shape index (κ3) is 3.64. The number of aromatic amines is 1. The first-order chi connectivity index (χ1) is 14.1. The molecule has 8 heteroatoms. The Morgan fingerprint density at radius 1 is 1.10 bits per heavy atom. The highest BCUT2D eigenvalue weighted by Crippen LogP contribution is 2.31. The van der Waals surface area contributed by atoms with Gasteiger partial charge in [-0.1, -0.05) is 0 Å². The second-order valence-electron chi connectivity index (χ2n) is 6.45. The topological polar surface area (TPSA) is 74.1 Å². The molecule has 7 nitrogen and oxygen atoms in total. The van der Waals surface area contributed by atoms with Crippen LogP contribution >= 0.6 is 0 Å². The molecule has 0 radical (unpaired) electrons. The largest absolute Gasteiger partial charge is 0.497 e. The van der Waals surface area contributed by atoms with Gasteiger partial charge in [0.2, 0.25) is 0 Å². The molecular weight excluding hydrogens is 375 g/mol. The Balaban J connectivity index is 1.67. The molecule has 0 saturated heterocycles. The van der Waals surface area contributed by atoms with Gasteiger partial charge in [0.25, 0.3) is 0 Å². The van der Waals surface area contributed by atoms with E-state index in [0.717, 1.165) is 11.1 Å². The Morgan fingerprint density at radius 3 is 2.69 bits per heavy atom. The van der Waals surface area contributed by atoms with E-state index in [1.807, 2.05) is 12.1 Å². The summed E-state index contributed by atoms with van der Waals surface area (Å²) in [5.74, 6) is 0.622. The lowest BCUT2D eigenvalue weighted by molar-refractivity contribution is 0.410. The van der Waals surface area contributed by atoms with Gasteiger partial charge in [0.05, 0.1) is 32.6 Å². The van der Waals surface area contributed by atoms with E-state index < -0.39 is 5.82 Å². The highest BCUT2D eigenvalue weighted by molar-refractivity contribution is 5.71. The van der Waals surface area contributed by atoms with Gasteiger partial charge >= 0.3 is 5.69 Å². The zero-order valence-corrected chi connectivity index (χ0v) is 15.9. The number of nitrogens with one attached hydrogen (secondary N) is 1.